The minimum atomic E-state index is 1.14. The molecule has 13 heavy (non-hydrogen) atoms. The van der Waals surface area contributed by atoms with Gasteiger partial charge in [0.25, 0.3) is 0 Å². The van der Waals surface area contributed by atoms with Crippen molar-refractivity contribution in [1.29, 1.82) is 0 Å². The van der Waals surface area contributed by atoms with Crippen molar-refractivity contribution in [2.24, 2.45) is 0 Å². The van der Waals surface area contributed by atoms with Crippen molar-refractivity contribution in [1.82, 2.24) is 0 Å². The molecule has 0 aliphatic heterocycles. The first kappa shape index (κ1) is 9.40. The summed E-state index contributed by atoms with van der Waals surface area (Å²) in [6, 6.07) is 0. The van der Waals surface area contributed by atoms with Crippen LogP contribution in [0.2, 0.25) is 0 Å². The van der Waals surface area contributed by atoms with Crippen molar-refractivity contribution in [3.05, 3.63) is 44.3 Å². The predicted octanol–water partition coefficient (Wildman–Crippen LogP) is 3.41. The molecule has 2 aliphatic rings. The molecule has 0 atom stereocenters. The minimum absolute atomic E-state index is 1.14. The number of hydrogen-bond donors (Lipinski definition) is 0. The van der Waals surface area contributed by atoms with Gasteiger partial charge in [0.1, 0.15) is 0 Å². The van der Waals surface area contributed by atoms with Gasteiger partial charge >= 0.3 is 95.2 Å². The van der Waals surface area contributed by atoms with E-state index < -0.39 is 0 Å². The zero-order valence-corrected chi connectivity index (χ0v) is 10.4. The third kappa shape index (κ3) is 1.72. The molecule has 1 heteroatoms. The summed E-state index contributed by atoms with van der Waals surface area (Å²) in [6.07, 6.45) is 12.6. The van der Waals surface area contributed by atoms with E-state index in [1.54, 1.807) is 39.1 Å². The normalized spacial score (nSPS) is 20.9. The fraction of sp³-hybridized carbons (Fsp3) is 0.333. The number of hydrogen-bond acceptors (Lipinski definition) is 0. The van der Waals surface area contributed by atoms with Gasteiger partial charge in [-0.2, -0.15) is 0 Å². The van der Waals surface area contributed by atoms with Crippen LogP contribution in [0.1, 0.15) is 26.2 Å². The van der Waals surface area contributed by atoms with Crippen LogP contribution >= 0.6 is 0 Å². The Balaban J connectivity index is 2.26. The second kappa shape index (κ2) is 3.92. The van der Waals surface area contributed by atoms with Gasteiger partial charge in [-0.15, -0.1) is 0 Å². The fourth-order valence-electron chi connectivity index (χ4n) is 1.99. The first-order chi connectivity index (χ1) is 6.33. The number of rotatable bonds is 2. The van der Waals surface area contributed by atoms with E-state index in [1.165, 1.54) is 18.4 Å². The molecular weight excluding hydrogens is 235 g/mol. The van der Waals surface area contributed by atoms with Crippen LogP contribution in [0.5, 0.6) is 0 Å². The van der Waals surface area contributed by atoms with E-state index in [1.807, 2.05) is 0 Å². The molecule has 0 radical (unpaired) electrons. The van der Waals surface area contributed by atoms with Gasteiger partial charge in [-0.3, -0.25) is 0 Å². The number of allylic oxidation sites excluding steroid dienone is 8. The van der Waals surface area contributed by atoms with Gasteiger partial charge in [0.05, 0.1) is 0 Å². The van der Waals surface area contributed by atoms with Crippen LogP contribution in [-0.4, -0.2) is 0 Å². The summed E-state index contributed by atoms with van der Waals surface area (Å²) in [6.45, 7) is 2.27. The molecule has 0 spiro atoms. The molecular formula is C12H13Zr. The quantitative estimate of drug-likeness (QED) is 0.702. The molecule has 0 bridgehead atoms. The van der Waals surface area contributed by atoms with E-state index in [2.05, 4.69) is 31.2 Å². The summed E-state index contributed by atoms with van der Waals surface area (Å²) < 4.78 is 1.65. The zero-order valence-electron chi connectivity index (χ0n) is 7.93. The van der Waals surface area contributed by atoms with Crippen LogP contribution in [0.15, 0.2) is 44.3 Å². The van der Waals surface area contributed by atoms with Crippen molar-refractivity contribution in [2.75, 3.05) is 0 Å². The van der Waals surface area contributed by atoms with E-state index in [0.29, 0.717) is 0 Å². The monoisotopic (exact) mass is 247 g/mol. The zero-order chi connectivity index (χ0) is 9.26. The van der Waals surface area contributed by atoms with Gasteiger partial charge < -0.3 is 0 Å². The molecule has 0 fully saturated rings. The summed E-state index contributed by atoms with van der Waals surface area (Å²) in [5, 5.41) is 0. The molecule has 0 saturated carbocycles. The van der Waals surface area contributed by atoms with Crippen LogP contribution in [0.4, 0.5) is 0 Å². The average Bonchev–Trinajstić information content (AvgIpc) is 2.71. The third-order valence-corrected chi connectivity index (χ3v) is 3.91. The molecule has 0 aromatic heterocycles. The third-order valence-electron chi connectivity index (χ3n) is 2.67. The van der Waals surface area contributed by atoms with Crippen molar-refractivity contribution < 1.29 is 24.7 Å². The second-order valence-electron chi connectivity index (χ2n) is 3.46. The van der Waals surface area contributed by atoms with Crippen LogP contribution in [0, 0.1) is 0 Å². The summed E-state index contributed by atoms with van der Waals surface area (Å²) in [5.41, 5.74) is 4.68. The Hall–Kier alpha value is -0.157. The molecule has 0 saturated heterocycles. The summed E-state index contributed by atoms with van der Waals surface area (Å²) in [4.78, 5) is 0. The molecule has 0 nitrogen and oxygen atoms in total. The fourth-order valence-corrected chi connectivity index (χ4v) is 3.01. The topological polar surface area (TPSA) is 0 Å². The maximum atomic E-state index is 2.40. The molecule has 0 N–H and O–H groups in total. The molecule has 0 aromatic rings. The van der Waals surface area contributed by atoms with Gasteiger partial charge in [0, 0.05) is 0 Å². The SMILES string of the molecule is CCC1=[C]([Zr])CC=C1C1=CC=CC1. The summed E-state index contributed by atoms with van der Waals surface area (Å²) in [5.74, 6) is 0. The van der Waals surface area contributed by atoms with E-state index in [-0.39, 0.29) is 0 Å². The Bertz CT molecular complexity index is 340. The van der Waals surface area contributed by atoms with E-state index >= 15 is 0 Å². The Kier molecular flexibility index (Phi) is 2.84. The maximum absolute atomic E-state index is 2.40. The van der Waals surface area contributed by atoms with Gasteiger partial charge in [-0.1, -0.05) is 0 Å². The summed E-state index contributed by atoms with van der Waals surface area (Å²) >= 11 is 1.59. The van der Waals surface area contributed by atoms with Crippen molar-refractivity contribution in [3.8, 4) is 0 Å². The van der Waals surface area contributed by atoms with Gasteiger partial charge in [0.2, 0.25) is 0 Å². The predicted molar refractivity (Wildman–Crippen MR) is 51.9 cm³/mol. The van der Waals surface area contributed by atoms with Gasteiger partial charge in [-0.05, 0) is 0 Å². The van der Waals surface area contributed by atoms with Crippen LogP contribution in [0.25, 0.3) is 0 Å². The summed E-state index contributed by atoms with van der Waals surface area (Å²) in [7, 11) is 0. The van der Waals surface area contributed by atoms with E-state index in [4.69, 9.17) is 0 Å². The first-order valence-electron chi connectivity index (χ1n) is 4.83. The first-order valence-corrected chi connectivity index (χ1v) is 6.06. The van der Waals surface area contributed by atoms with Crippen LogP contribution < -0.4 is 0 Å². The standard InChI is InChI=1S/C12H13.Zr/c1-2-10-8-5-9-12(10)11-6-3-4-7-11;/h3-4,6,9H,2,5,7H2,1H3;. The van der Waals surface area contributed by atoms with Gasteiger partial charge in [0.15, 0.2) is 0 Å². The molecule has 0 aromatic carbocycles. The molecule has 2 rings (SSSR count). The molecule has 0 unspecified atom stereocenters. The Morgan fingerprint density at radius 2 is 2.23 bits per heavy atom. The Morgan fingerprint density at radius 1 is 1.38 bits per heavy atom. The van der Waals surface area contributed by atoms with Crippen molar-refractivity contribution in [3.63, 3.8) is 0 Å². The molecule has 65 valence electrons. The molecule has 0 amide bonds. The second-order valence-corrected chi connectivity index (χ2v) is 4.94. The van der Waals surface area contributed by atoms with Crippen molar-refractivity contribution >= 4 is 0 Å². The van der Waals surface area contributed by atoms with Crippen molar-refractivity contribution in [2.45, 2.75) is 26.2 Å². The van der Waals surface area contributed by atoms with E-state index in [9.17, 15) is 0 Å². The van der Waals surface area contributed by atoms with Crippen LogP contribution in [-0.2, 0) is 24.7 Å². The van der Waals surface area contributed by atoms with Crippen LogP contribution in [0.3, 0.4) is 0 Å². The Labute approximate surface area is 95.0 Å². The van der Waals surface area contributed by atoms with Gasteiger partial charge in [-0.25, -0.2) is 0 Å². The van der Waals surface area contributed by atoms with E-state index in [0.717, 1.165) is 6.42 Å². The molecule has 0 heterocycles. The average molecular weight is 248 g/mol. The Morgan fingerprint density at radius 3 is 2.85 bits per heavy atom. The molecule has 2 aliphatic carbocycles.